The first-order valence-corrected chi connectivity index (χ1v) is 6.86. The summed E-state index contributed by atoms with van der Waals surface area (Å²) >= 11 is 0. The number of rotatable bonds is 4. The van der Waals surface area contributed by atoms with E-state index in [9.17, 15) is 17.2 Å². The van der Waals surface area contributed by atoms with E-state index in [1.807, 2.05) is 0 Å². The Morgan fingerprint density at radius 2 is 2.06 bits per heavy atom. The van der Waals surface area contributed by atoms with Crippen molar-refractivity contribution in [3.63, 3.8) is 0 Å². The zero-order chi connectivity index (χ0) is 13.3. The van der Waals surface area contributed by atoms with Gasteiger partial charge in [-0.3, -0.25) is 4.39 Å². The standard InChI is InChI=1S/C11H12F2N2O2S/c12-5-2-6-15-7-10(18(14,16)17)11-8(13)3-1-4-9(11)15/h1,3-4,7H,2,5-6H2,(H2,14,16,17). The van der Waals surface area contributed by atoms with Crippen LogP contribution in [0, 0.1) is 5.82 Å². The fourth-order valence-electron chi connectivity index (χ4n) is 1.90. The van der Waals surface area contributed by atoms with Crippen molar-refractivity contribution in [2.45, 2.75) is 17.9 Å². The molecule has 98 valence electrons. The lowest BCUT2D eigenvalue weighted by atomic mass is 10.2. The number of benzene rings is 1. The van der Waals surface area contributed by atoms with Crippen molar-refractivity contribution >= 4 is 20.9 Å². The summed E-state index contributed by atoms with van der Waals surface area (Å²) in [7, 11) is -4.01. The summed E-state index contributed by atoms with van der Waals surface area (Å²) in [5, 5.41) is 5.01. The molecule has 0 aliphatic rings. The molecule has 0 bridgehead atoms. The zero-order valence-corrected chi connectivity index (χ0v) is 10.3. The smallest absolute Gasteiger partial charge is 0.240 e. The maximum atomic E-state index is 13.7. The maximum absolute atomic E-state index is 13.7. The molecule has 1 aromatic carbocycles. The Bertz CT molecular complexity index is 680. The third-order valence-electron chi connectivity index (χ3n) is 2.66. The van der Waals surface area contributed by atoms with E-state index in [1.165, 1.54) is 16.8 Å². The second-order valence-corrected chi connectivity index (χ2v) is 5.44. The Balaban J connectivity index is 2.72. The second kappa shape index (κ2) is 4.66. The molecule has 18 heavy (non-hydrogen) atoms. The van der Waals surface area contributed by atoms with E-state index in [-0.39, 0.29) is 23.2 Å². The SMILES string of the molecule is NS(=O)(=O)c1cn(CCCF)c2cccc(F)c12. The lowest BCUT2D eigenvalue weighted by Crippen LogP contribution is -2.12. The molecule has 0 unspecified atom stereocenters. The first kappa shape index (κ1) is 13.0. The Morgan fingerprint density at radius 3 is 2.67 bits per heavy atom. The molecule has 0 spiro atoms. The van der Waals surface area contributed by atoms with Gasteiger partial charge in [-0.15, -0.1) is 0 Å². The van der Waals surface area contributed by atoms with Crippen molar-refractivity contribution < 1.29 is 17.2 Å². The van der Waals surface area contributed by atoms with Crippen LogP contribution in [-0.2, 0) is 16.6 Å². The van der Waals surface area contributed by atoms with Crippen LogP contribution < -0.4 is 5.14 Å². The minimum absolute atomic E-state index is 0.0427. The van der Waals surface area contributed by atoms with E-state index in [0.29, 0.717) is 5.52 Å². The summed E-state index contributed by atoms with van der Waals surface area (Å²) < 4.78 is 50.2. The number of halogens is 2. The number of alkyl halides is 1. The molecule has 1 heterocycles. The van der Waals surface area contributed by atoms with Crippen molar-refractivity contribution in [1.29, 1.82) is 0 Å². The summed E-state index contributed by atoms with van der Waals surface area (Å²) in [5.41, 5.74) is 0.396. The first-order chi connectivity index (χ1) is 8.45. The lowest BCUT2D eigenvalue weighted by molar-refractivity contribution is 0.449. The third-order valence-corrected chi connectivity index (χ3v) is 3.58. The monoisotopic (exact) mass is 274 g/mol. The molecular weight excluding hydrogens is 262 g/mol. The van der Waals surface area contributed by atoms with E-state index in [4.69, 9.17) is 5.14 Å². The number of hydrogen-bond acceptors (Lipinski definition) is 2. The fraction of sp³-hybridized carbons (Fsp3) is 0.273. The van der Waals surface area contributed by atoms with Gasteiger partial charge in [-0.25, -0.2) is 17.9 Å². The van der Waals surface area contributed by atoms with E-state index in [0.717, 1.165) is 6.07 Å². The van der Waals surface area contributed by atoms with Gasteiger partial charge in [0.2, 0.25) is 10.0 Å². The second-order valence-electron chi connectivity index (χ2n) is 3.91. The molecule has 0 fully saturated rings. The summed E-state index contributed by atoms with van der Waals surface area (Å²) in [6, 6.07) is 4.21. The molecule has 1 aromatic heterocycles. The number of aromatic nitrogens is 1. The highest BCUT2D eigenvalue weighted by atomic mass is 32.2. The maximum Gasteiger partial charge on any atom is 0.240 e. The molecule has 0 atom stereocenters. The van der Waals surface area contributed by atoms with Gasteiger partial charge in [0.05, 0.1) is 17.6 Å². The van der Waals surface area contributed by atoms with Crippen LogP contribution in [0.15, 0.2) is 29.3 Å². The van der Waals surface area contributed by atoms with E-state index in [1.54, 1.807) is 6.07 Å². The van der Waals surface area contributed by atoms with E-state index < -0.39 is 22.5 Å². The number of nitrogens with zero attached hydrogens (tertiary/aromatic N) is 1. The summed E-state index contributed by atoms with van der Waals surface area (Å²) in [5.74, 6) is -0.657. The predicted molar refractivity (Wildman–Crippen MR) is 63.9 cm³/mol. The van der Waals surface area contributed by atoms with Gasteiger partial charge in [0.1, 0.15) is 10.7 Å². The van der Waals surface area contributed by atoms with Crippen LogP contribution >= 0.6 is 0 Å². The molecule has 0 amide bonds. The molecular formula is C11H12F2N2O2S. The van der Waals surface area contributed by atoms with Gasteiger partial charge in [-0.05, 0) is 18.6 Å². The van der Waals surface area contributed by atoms with Crippen molar-refractivity contribution in [3.05, 3.63) is 30.2 Å². The molecule has 0 saturated carbocycles. The Kier molecular flexibility index (Phi) is 3.36. The summed E-state index contributed by atoms with van der Waals surface area (Å²) in [6.07, 6.45) is 1.48. The molecule has 2 aromatic rings. The summed E-state index contributed by atoms with van der Waals surface area (Å²) in [4.78, 5) is -0.269. The van der Waals surface area contributed by atoms with Crippen molar-refractivity contribution in [2.75, 3.05) is 6.67 Å². The van der Waals surface area contributed by atoms with Crippen LogP contribution in [0.3, 0.4) is 0 Å². The Morgan fingerprint density at radius 1 is 1.33 bits per heavy atom. The topological polar surface area (TPSA) is 65.1 Å². The van der Waals surface area contributed by atoms with Crippen LogP contribution in [0.4, 0.5) is 8.78 Å². The van der Waals surface area contributed by atoms with Crippen molar-refractivity contribution in [2.24, 2.45) is 5.14 Å². The molecule has 7 heteroatoms. The summed E-state index contributed by atoms with van der Waals surface area (Å²) in [6.45, 7) is -0.258. The quantitative estimate of drug-likeness (QED) is 0.923. The minimum Gasteiger partial charge on any atom is -0.346 e. The van der Waals surface area contributed by atoms with Crippen LogP contribution in [0.25, 0.3) is 10.9 Å². The van der Waals surface area contributed by atoms with Crippen LogP contribution in [0.5, 0.6) is 0 Å². The fourth-order valence-corrected chi connectivity index (χ4v) is 2.66. The van der Waals surface area contributed by atoms with Gasteiger partial charge in [-0.2, -0.15) is 0 Å². The number of nitrogens with two attached hydrogens (primary N) is 1. The largest absolute Gasteiger partial charge is 0.346 e. The number of sulfonamides is 1. The van der Waals surface area contributed by atoms with Gasteiger partial charge in [-0.1, -0.05) is 6.07 Å². The highest BCUT2D eigenvalue weighted by molar-refractivity contribution is 7.89. The van der Waals surface area contributed by atoms with Crippen molar-refractivity contribution in [1.82, 2.24) is 4.57 Å². The molecule has 0 radical (unpaired) electrons. The molecule has 2 N–H and O–H groups in total. The van der Waals surface area contributed by atoms with Crippen LogP contribution in [0.1, 0.15) is 6.42 Å². The van der Waals surface area contributed by atoms with Gasteiger partial charge in [0, 0.05) is 12.7 Å². The average Bonchev–Trinajstić information content (AvgIpc) is 2.66. The molecule has 0 saturated heterocycles. The van der Waals surface area contributed by atoms with Crippen LogP contribution in [0.2, 0.25) is 0 Å². The minimum atomic E-state index is -4.01. The zero-order valence-electron chi connectivity index (χ0n) is 9.44. The number of aryl methyl sites for hydroxylation is 1. The molecule has 4 nitrogen and oxygen atoms in total. The van der Waals surface area contributed by atoms with E-state index >= 15 is 0 Å². The third kappa shape index (κ3) is 2.23. The van der Waals surface area contributed by atoms with Crippen LogP contribution in [-0.4, -0.2) is 19.7 Å². The molecule has 0 aliphatic carbocycles. The van der Waals surface area contributed by atoms with Gasteiger partial charge < -0.3 is 4.57 Å². The number of primary sulfonamides is 1. The van der Waals surface area contributed by atoms with Gasteiger partial charge >= 0.3 is 0 Å². The highest BCUT2D eigenvalue weighted by Gasteiger charge is 2.19. The van der Waals surface area contributed by atoms with Gasteiger partial charge in [0.25, 0.3) is 0 Å². The Labute approximate surface area is 103 Å². The predicted octanol–water partition coefficient (Wildman–Crippen LogP) is 1.79. The number of hydrogen-bond donors (Lipinski definition) is 1. The highest BCUT2D eigenvalue weighted by Crippen LogP contribution is 2.27. The lowest BCUT2D eigenvalue weighted by Gasteiger charge is -2.02. The average molecular weight is 274 g/mol. The Hall–Kier alpha value is -1.47. The van der Waals surface area contributed by atoms with Crippen molar-refractivity contribution in [3.8, 4) is 0 Å². The van der Waals surface area contributed by atoms with E-state index in [2.05, 4.69) is 0 Å². The first-order valence-electron chi connectivity index (χ1n) is 5.31. The normalized spacial score (nSPS) is 12.2. The molecule has 2 rings (SSSR count). The number of fused-ring (bicyclic) bond motifs is 1. The molecule has 0 aliphatic heterocycles. The van der Waals surface area contributed by atoms with Gasteiger partial charge in [0.15, 0.2) is 0 Å².